The van der Waals surface area contributed by atoms with Crippen LogP contribution in [0.3, 0.4) is 0 Å². The highest BCUT2D eigenvalue weighted by Crippen LogP contribution is 2.49. The molecule has 10 heteroatoms. The van der Waals surface area contributed by atoms with E-state index in [4.69, 9.17) is 5.84 Å². The Hall–Kier alpha value is -1.81. The fourth-order valence-electron chi connectivity index (χ4n) is 2.83. The number of alkyl halides is 2. The Morgan fingerprint density at radius 3 is 2.52 bits per heavy atom. The predicted molar refractivity (Wildman–Crippen MR) is 61.6 cm³/mol. The number of carbonyl (C=O) groups is 3. The molecule has 0 aromatic carbocycles. The second kappa shape index (κ2) is 4.34. The van der Waals surface area contributed by atoms with Crippen LogP contribution in [0.4, 0.5) is 13.6 Å². The summed E-state index contributed by atoms with van der Waals surface area (Å²) in [6.07, 6.45) is -0.0300. The molecule has 3 fully saturated rings. The average Bonchev–Trinajstić information content (AvgIpc) is 3.05. The highest BCUT2D eigenvalue weighted by Gasteiger charge is 2.63. The van der Waals surface area contributed by atoms with Crippen LogP contribution in [-0.2, 0) is 9.59 Å². The number of nitrogens with two attached hydrogens (primary N) is 1. The standard InChI is InChI=1S/C11H14F2N4O4/c12-11(13)3-6(11)8(18)16(14)9(19)7-2-1-5-4-15(7)10(20)17(5)21/h5-7,21H,1-4,14H2/t5-,6?,7+/m1/s1. The lowest BCUT2D eigenvalue weighted by Crippen LogP contribution is -2.55. The van der Waals surface area contributed by atoms with Gasteiger partial charge in [-0.3, -0.25) is 14.8 Å². The van der Waals surface area contributed by atoms with Crippen molar-refractivity contribution in [2.75, 3.05) is 6.54 Å². The number of hydroxylamine groups is 2. The van der Waals surface area contributed by atoms with Gasteiger partial charge in [0.2, 0.25) is 0 Å². The van der Waals surface area contributed by atoms with E-state index in [9.17, 15) is 28.4 Å². The van der Waals surface area contributed by atoms with Crippen LogP contribution in [0, 0.1) is 5.92 Å². The number of halogens is 2. The summed E-state index contributed by atoms with van der Waals surface area (Å²) in [5.41, 5.74) is 0. The van der Waals surface area contributed by atoms with E-state index in [2.05, 4.69) is 0 Å². The molecule has 1 unspecified atom stereocenters. The van der Waals surface area contributed by atoms with Gasteiger partial charge in [-0.2, -0.15) is 0 Å². The molecule has 0 aromatic heterocycles. The number of amides is 4. The zero-order chi connectivity index (χ0) is 15.5. The number of imide groups is 1. The molecular weight excluding hydrogens is 290 g/mol. The van der Waals surface area contributed by atoms with Gasteiger partial charge < -0.3 is 4.90 Å². The van der Waals surface area contributed by atoms with Gasteiger partial charge in [0, 0.05) is 13.0 Å². The Kier molecular flexibility index (Phi) is 2.92. The van der Waals surface area contributed by atoms with Crippen LogP contribution in [-0.4, -0.2) is 62.6 Å². The van der Waals surface area contributed by atoms with Gasteiger partial charge in [0.05, 0.1) is 6.04 Å². The van der Waals surface area contributed by atoms with Crippen molar-refractivity contribution in [2.24, 2.45) is 11.8 Å². The first-order valence-corrected chi connectivity index (χ1v) is 6.53. The number of rotatable bonds is 2. The molecule has 8 nitrogen and oxygen atoms in total. The van der Waals surface area contributed by atoms with E-state index < -0.39 is 48.2 Å². The van der Waals surface area contributed by atoms with Crippen LogP contribution < -0.4 is 5.84 Å². The first kappa shape index (κ1) is 14.1. The van der Waals surface area contributed by atoms with Crippen molar-refractivity contribution in [1.82, 2.24) is 15.0 Å². The van der Waals surface area contributed by atoms with E-state index in [0.717, 1.165) is 4.90 Å². The third kappa shape index (κ3) is 2.05. The minimum absolute atomic E-state index is 0.146. The SMILES string of the molecule is NN(C(=O)C1CC1(F)F)C(=O)[C@@H]1CC[C@@H]2CN1C(=O)N2O. The molecule has 116 valence electrons. The minimum Gasteiger partial charge on any atom is -0.309 e. The van der Waals surface area contributed by atoms with Gasteiger partial charge >= 0.3 is 6.03 Å². The number of urea groups is 1. The van der Waals surface area contributed by atoms with E-state index in [1.54, 1.807) is 0 Å². The van der Waals surface area contributed by atoms with Crippen molar-refractivity contribution in [2.45, 2.75) is 37.3 Å². The fourth-order valence-corrected chi connectivity index (χ4v) is 2.83. The van der Waals surface area contributed by atoms with Crippen molar-refractivity contribution >= 4 is 17.8 Å². The monoisotopic (exact) mass is 304 g/mol. The number of fused-ring (bicyclic) bond motifs is 2. The number of hydrogen-bond donors (Lipinski definition) is 2. The summed E-state index contributed by atoms with van der Waals surface area (Å²) in [6.45, 7) is 0.146. The Balaban J connectivity index is 1.71. The maximum atomic E-state index is 12.9. The van der Waals surface area contributed by atoms with Crippen LogP contribution in [0.5, 0.6) is 0 Å². The van der Waals surface area contributed by atoms with Crippen LogP contribution in [0.2, 0.25) is 0 Å². The number of carbonyl (C=O) groups excluding carboxylic acids is 3. The van der Waals surface area contributed by atoms with Crippen molar-refractivity contribution in [3.8, 4) is 0 Å². The third-order valence-corrected chi connectivity index (χ3v) is 4.23. The summed E-state index contributed by atoms with van der Waals surface area (Å²) in [5.74, 6) is -1.36. The quantitative estimate of drug-likeness (QED) is 0.236. The molecule has 2 heterocycles. The molecule has 2 aliphatic heterocycles. The van der Waals surface area contributed by atoms with E-state index in [1.165, 1.54) is 0 Å². The molecule has 3 rings (SSSR count). The van der Waals surface area contributed by atoms with Gasteiger partial charge in [-0.25, -0.2) is 29.5 Å². The lowest BCUT2D eigenvalue weighted by molar-refractivity contribution is -0.150. The zero-order valence-corrected chi connectivity index (χ0v) is 10.9. The average molecular weight is 304 g/mol. The molecule has 3 N–H and O–H groups in total. The largest absolute Gasteiger partial charge is 0.344 e. The molecule has 0 aromatic rings. The van der Waals surface area contributed by atoms with E-state index in [0.29, 0.717) is 11.5 Å². The molecule has 0 spiro atoms. The first-order valence-electron chi connectivity index (χ1n) is 6.53. The second-order valence-corrected chi connectivity index (χ2v) is 5.59. The normalized spacial score (nSPS) is 33.1. The molecule has 3 atom stereocenters. The van der Waals surface area contributed by atoms with E-state index in [1.807, 2.05) is 0 Å². The van der Waals surface area contributed by atoms with E-state index in [-0.39, 0.29) is 18.0 Å². The summed E-state index contributed by atoms with van der Waals surface area (Å²) in [4.78, 5) is 36.7. The summed E-state index contributed by atoms with van der Waals surface area (Å²) >= 11 is 0. The second-order valence-electron chi connectivity index (χ2n) is 5.59. The molecule has 2 saturated heterocycles. The lowest BCUT2D eigenvalue weighted by atomic mass is 10.00. The highest BCUT2D eigenvalue weighted by atomic mass is 19.3. The van der Waals surface area contributed by atoms with Gasteiger partial charge in [-0.15, -0.1) is 0 Å². The number of nitrogens with zero attached hydrogens (tertiary/aromatic N) is 3. The Morgan fingerprint density at radius 2 is 1.95 bits per heavy atom. The van der Waals surface area contributed by atoms with Gasteiger partial charge in [0.1, 0.15) is 12.0 Å². The van der Waals surface area contributed by atoms with Gasteiger partial charge in [0.15, 0.2) is 0 Å². The smallest absolute Gasteiger partial charge is 0.309 e. The molecule has 1 aliphatic carbocycles. The van der Waals surface area contributed by atoms with Gasteiger partial charge in [0.25, 0.3) is 17.7 Å². The van der Waals surface area contributed by atoms with Gasteiger partial charge in [-0.05, 0) is 12.8 Å². The topological polar surface area (TPSA) is 107 Å². The molecule has 3 aliphatic rings. The van der Waals surface area contributed by atoms with Crippen LogP contribution in [0.15, 0.2) is 0 Å². The van der Waals surface area contributed by atoms with Crippen LogP contribution in [0.1, 0.15) is 19.3 Å². The lowest BCUT2D eigenvalue weighted by Gasteiger charge is -2.31. The Bertz CT molecular complexity index is 528. The molecule has 2 bridgehead atoms. The summed E-state index contributed by atoms with van der Waals surface area (Å²) in [6, 6.07) is -2.14. The fraction of sp³-hybridized carbons (Fsp3) is 0.727. The maximum Gasteiger partial charge on any atom is 0.344 e. The molecule has 1 saturated carbocycles. The van der Waals surface area contributed by atoms with Crippen molar-refractivity contribution < 1.29 is 28.4 Å². The minimum atomic E-state index is -3.11. The van der Waals surface area contributed by atoms with Crippen molar-refractivity contribution in [3.63, 3.8) is 0 Å². The van der Waals surface area contributed by atoms with Crippen LogP contribution in [0.25, 0.3) is 0 Å². The molecular formula is C11H14F2N4O4. The maximum absolute atomic E-state index is 12.9. The van der Waals surface area contributed by atoms with Crippen LogP contribution >= 0.6 is 0 Å². The zero-order valence-electron chi connectivity index (χ0n) is 10.9. The van der Waals surface area contributed by atoms with Crippen molar-refractivity contribution in [1.29, 1.82) is 0 Å². The number of hydrogen-bond acceptors (Lipinski definition) is 5. The van der Waals surface area contributed by atoms with Crippen molar-refractivity contribution in [3.05, 3.63) is 0 Å². The van der Waals surface area contributed by atoms with Gasteiger partial charge in [-0.1, -0.05) is 0 Å². The number of hydrazine groups is 1. The summed E-state index contributed by atoms with van der Waals surface area (Å²) < 4.78 is 25.7. The third-order valence-electron chi connectivity index (χ3n) is 4.23. The number of piperidine rings is 1. The summed E-state index contributed by atoms with van der Waals surface area (Å²) in [7, 11) is 0. The predicted octanol–water partition coefficient (Wildman–Crippen LogP) is -0.472. The first-order chi connectivity index (χ1) is 9.74. The molecule has 0 radical (unpaired) electrons. The Labute approximate surface area is 118 Å². The highest BCUT2D eigenvalue weighted by molar-refractivity contribution is 6.00. The summed E-state index contributed by atoms with van der Waals surface area (Å²) in [5, 5.41) is 10.2. The molecule has 21 heavy (non-hydrogen) atoms. The Morgan fingerprint density at radius 1 is 1.33 bits per heavy atom. The molecule has 4 amide bonds. The van der Waals surface area contributed by atoms with E-state index >= 15 is 0 Å².